The summed E-state index contributed by atoms with van der Waals surface area (Å²) in [6, 6.07) is 1.21. The van der Waals surface area contributed by atoms with Crippen molar-refractivity contribution < 1.29 is 9.53 Å². The van der Waals surface area contributed by atoms with Gasteiger partial charge in [0.05, 0.1) is 24.4 Å². The molecule has 116 valence electrons. The average Bonchev–Trinajstić information content (AvgIpc) is 2.99. The summed E-state index contributed by atoms with van der Waals surface area (Å²) in [5.41, 5.74) is 0.541. The monoisotopic (exact) mass is 311 g/mol. The Morgan fingerprint density at radius 2 is 2.19 bits per heavy atom. The van der Waals surface area contributed by atoms with Crippen molar-refractivity contribution in [2.75, 3.05) is 13.7 Å². The van der Waals surface area contributed by atoms with Crippen molar-refractivity contribution >= 4 is 17.4 Å². The fourth-order valence-corrected chi connectivity index (χ4v) is 3.93. The minimum absolute atomic E-state index is 0.111. The van der Waals surface area contributed by atoms with Gasteiger partial charge < -0.3 is 10.1 Å². The second-order valence-electron chi connectivity index (χ2n) is 6.16. The standard InChI is InChI=1S/C15H22ClN3O2/c1-21-5-4-19-15(13(16)9-17-19)14(20)8-10-6-11-2-3-12(7-10)18-11/h9-12,18H,2-8H2,1H3. The number of rotatable bonds is 6. The van der Waals surface area contributed by atoms with Gasteiger partial charge in [-0.25, -0.2) is 0 Å². The molecule has 3 rings (SSSR count). The number of methoxy groups -OCH3 is 1. The number of piperidine rings is 1. The van der Waals surface area contributed by atoms with E-state index in [1.54, 1.807) is 18.0 Å². The van der Waals surface area contributed by atoms with Crippen molar-refractivity contribution in [3.8, 4) is 0 Å². The zero-order chi connectivity index (χ0) is 14.8. The summed E-state index contributed by atoms with van der Waals surface area (Å²) < 4.78 is 6.72. The van der Waals surface area contributed by atoms with E-state index in [0.29, 0.717) is 48.3 Å². The molecule has 0 saturated carbocycles. The van der Waals surface area contributed by atoms with Gasteiger partial charge in [0, 0.05) is 25.6 Å². The van der Waals surface area contributed by atoms with Crippen LogP contribution in [0.3, 0.4) is 0 Å². The molecule has 1 aromatic rings. The number of halogens is 1. The van der Waals surface area contributed by atoms with E-state index in [-0.39, 0.29) is 5.78 Å². The highest BCUT2D eigenvalue weighted by Gasteiger charge is 2.34. The summed E-state index contributed by atoms with van der Waals surface area (Å²) in [5, 5.41) is 8.24. The second kappa shape index (κ2) is 6.46. The van der Waals surface area contributed by atoms with E-state index >= 15 is 0 Å². The molecule has 1 aromatic heterocycles. The van der Waals surface area contributed by atoms with Crippen LogP contribution in [0.1, 0.15) is 42.6 Å². The highest BCUT2D eigenvalue weighted by Crippen LogP contribution is 2.33. The van der Waals surface area contributed by atoms with Crippen molar-refractivity contribution in [3.05, 3.63) is 16.9 Å². The van der Waals surface area contributed by atoms with Crippen molar-refractivity contribution in [2.24, 2.45) is 5.92 Å². The molecule has 1 N–H and O–H groups in total. The Bertz CT molecular complexity index is 505. The highest BCUT2D eigenvalue weighted by atomic mass is 35.5. The van der Waals surface area contributed by atoms with Crippen LogP contribution in [-0.2, 0) is 11.3 Å². The van der Waals surface area contributed by atoms with Gasteiger partial charge in [-0.3, -0.25) is 9.48 Å². The fraction of sp³-hybridized carbons (Fsp3) is 0.733. The molecule has 2 fully saturated rings. The lowest BCUT2D eigenvalue weighted by atomic mass is 9.87. The number of Topliss-reactive ketones (excluding diaryl/α,β-unsaturated/α-hetero) is 1. The fourth-order valence-electron chi connectivity index (χ4n) is 3.69. The zero-order valence-corrected chi connectivity index (χ0v) is 13.1. The van der Waals surface area contributed by atoms with Crippen LogP contribution < -0.4 is 5.32 Å². The first-order valence-corrected chi connectivity index (χ1v) is 8.04. The minimum Gasteiger partial charge on any atom is -0.383 e. The number of hydrogen-bond acceptors (Lipinski definition) is 4. The summed E-state index contributed by atoms with van der Waals surface area (Å²) in [6.07, 6.45) is 6.84. The molecule has 0 radical (unpaired) electrons. The summed E-state index contributed by atoms with van der Waals surface area (Å²) in [7, 11) is 1.64. The van der Waals surface area contributed by atoms with Gasteiger partial charge in [0.1, 0.15) is 5.69 Å². The normalized spacial score (nSPS) is 28.0. The van der Waals surface area contributed by atoms with Crippen LogP contribution in [0, 0.1) is 5.92 Å². The van der Waals surface area contributed by atoms with Gasteiger partial charge in [-0.2, -0.15) is 5.10 Å². The first kappa shape index (κ1) is 15.0. The first-order chi connectivity index (χ1) is 10.2. The predicted molar refractivity (Wildman–Crippen MR) is 80.7 cm³/mol. The van der Waals surface area contributed by atoms with Crippen molar-refractivity contribution in [2.45, 2.75) is 50.7 Å². The number of nitrogens with one attached hydrogen (secondary N) is 1. The predicted octanol–water partition coefficient (Wildman–Crippen LogP) is 2.29. The van der Waals surface area contributed by atoms with E-state index in [9.17, 15) is 4.79 Å². The Hall–Kier alpha value is -0.910. The molecule has 2 saturated heterocycles. The van der Waals surface area contributed by atoms with Crippen LogP contribution in [0.2, 0.25) is 5.02 Å². The van der Waals surface area contributed by atoms with E-state index in [2.05, 4.69) is 10.4 Å². The summed E-state index contributed by atoms with van der Waals surface area (Å²) in [6.45, 7) is 1.08. The van der Waals surface area contributed by atoms with Crippen LogP contribution >= 0.6 is 11.6 Å². The van der Waals surface area contributed by atoms with Gasteiger partial charge in [-0.15, -0.1) is 0 Å². The van der Waals surface area contributed by atoms with Crippen LogP contribution in [-0.4, -0.2) is 41.4 Å². The third kappa shape index (κ3) is 3.30. The van der Waals surface area contributed by atoms with Crippen molar-refractivity contribution in [1.82, 2.24) is 15.1 Å². The maximum atomic E-state index is 12.6. The van der Waals surface area contributed by atoms with Crippen molar-refractivity contribution in [1.29, 1.82) is 0 Å². The second-order valence-corrected chi connectivity index (χ2v) is 6.57. The third-order valence-electron chi connectivity index (χ3n) is 4.61. The van der Waals surface area contributed by atoms with Crippen LogP contribution in [0.25, 0.3) is 0 Å². The van der Waals surface area contributed by atoms with Crippen LogP contribution in [0.4, 0.5) is 0 Å². The molecule has 0 aromatic carbocycles. The van der Waals surface area contributed by atoms with E-state index in [0.717, 1.165) is 12.8 Å². The topological polar surface area (TPSA) is 56.2 Å². The Balaban J connectivity index is 1.66. The van der Waals surface area contributed by atoms with E-state index in [4.69, 9.17) is 16.3 Å². The van der Waals surface area contributed by atoms with Gasteiger partial charge in [-0.05, 0) is 31.6 Å². The molecule has 6 heteroatoms. The Kier molecular flexibility index (Phi) is 4.62. The third-order valence-corrected chi connectivity index (χ3v) is 4.89. The molecule has 0 amide bonds. The Morgan fingerprint density at radius 3 is 2.86 bits per heavy atom. The van der Waals surface area contributed by atoms with Crippen LogP contribution in [0.15, 0.2) is 6.20 Å². The molecule has 2 unspecified atom stereocenters. The molecule has 0 aliphatic carbocycles. The van der Waals surface area contributed by atoms with E-state index in [1.165, 1.54) is 12.8 Å². The Labute approximate surface area is 130 Å². The molecule has 2 atom stereocenters. The largest absolute Gasteiger partial charge is 0.383 e. The molecular weight excluding hydrogens is 290 g/mol. The lowest BCUT2D eigenvalue weighted by molar-refractivity contribution is 0.0931. The molecule has 0 spiro atoms. The molecule has 2 bridgehead atoms. The van der Waals surface area contributed by atoms with Gasteiger partial charge in [0.15, 0.2) is 5.78 Å². The Morgan fingerprint density at radius 1 is 1.48 bits per heavy atom. The number of carbonyl (C=O) groups is 1. The molecule has 3 heterocycles. The maximum Gasteiger partial charge on any atom is 0.182 e. The number of hydrogen-bond donors (Lipinski definition) is 1. The molecule has 2 aliphatic heterocycles. The van der Waals surface area contributed by atoms with E-state index < -0.39 is 0 Å². The SMILES string of the molecule is COCCn1ncc(Cl)c1C(=O)CC1CC2CCC(C1)N2. The van der Waals surface area contributed by atoms with Gasteiger partial charge in [0.25, 0.3) is 0 Å². The summed E-state index contributed by atoms with van der Waals surface area (Å²) in [5.74, 6) is 0.581. The lowest BCUT2D eigenvalue weighted by Crippen LogP contribution is -2.38. The summed E-state index contributed by atoms with van der Waals surface area (Å²) >= 11 is 6.15. The zero-order valence-electron chi connectivity index (χ0n) is 12.3. The first-order valence-electron chi connectivity index (χ1n) is 7.67. The average molecular weight is 312 g/mol. The lowest BCUT2D eigenvalue weighted by Gasteiger charge is -2.28. The molecule has 21 heavy (non-hydrogen) atoms. The maximum absolute atomic E-state index is 12.6. The van der Waals surface area contributed by atoms with Gasteiger partial charge >= 0.3 is 0 Å². The molecule has 5 nitrogen and oxygen atoms in total. The minimum atomic E-state index is 0.111. The number of fused-ring (bicyclic) bond motifs is 2. The smallest absolute Gasteiger partial charge is 0.182 e. The molecular formula is C15H22ClN3O2. The van der Waals surface area contributed by atoms with Gasteiger partial charge in [0.2, 0.25) is 0 Å². The number of aromatic nitrogens is 2. The number of nitrogens with zero attached hydrogens (tertiary/aromatic N) is 2. The summed E-state index contributed by atoms with van der Waals surface area (Å²) in [4.78, 5) is 12.6. The number of ether oxygens (including phenoxy) is 1. The number of carbonyl (C=O) groups excluding carboxylic acids is 1. The molecule has 2 aliphatic rings. The van der Waals surface area contributed by atoms with Gasteiger partial charge in [-0.1, -0.05) is 11.6 Å². The quantitative estimate of drug-likeness (QED) is 0.819. The number of ketones is 1. The van der Waals surface area contributed by atoms with Crippen LogP contribution in [0.5, 0.6) is 0 Å². The van der Waals surface area contributed by atoms with E-state index in [1.807, 2.05) is 0 Å². The van der Waals surface area contributed by atoms with Crippen molar-refractivity contribution in [3.63, 3.8) is 0 Å². The highest BCUT2D eigenvalue weighted by molar-refractivity contribution is 6.33.